The number of carbonyl (C=O) groups is 3. The third-order valence-electron chi connectivity index (χ3n) is 4.62. The summed E-state index contributed by atoms with van der Waals surface area (Å²) in [6.07, 6.45) is 0. The lowest BCUT2D eigenvalue weighted by atomic mass is 10.1. The molecule has 6 heteroatoms. The zero-order chi connectivity index (χ0) is 20.7. The van der Waals surface area contributed by atoms with Crippen LogP contribution in [0.4, 0.5) is 5.69 Å². The highest BCUT2D eigenvalue weighted by Crippen LogP contribution is 2.13. The molecule has 0 bridgehead atoms. The van der Waals surface area contributed by atoms with Gasteiger partial charge < -0.3 is 15.5 Å². The fourth-order valence-electron chi connectivity index (χ4n) is 2.77. The SMILES string of the molecule is CCN(CC)C(=O)c1cccc(NC(=O)CNC(=O)c2ccc(C)c(C)c2)c1. The van der Waals surface area contributed by atoms with E-state index in [9.17, 15) is 14.4 Å². The molecule has 0 aliphatic carbocycles. The fraction of sp³-hybridized carbons (Fsp3) is 0.318. The van der Waals surface area contributed by atoms with Crippen molar-refractivity contribution < 1.29 is 14.4 Å². The minimum atomic E-state index is -0.357. The summed E-state index contributed by atoms with van der Waals surface area (Å²) in [5, 5.41) is 5.33. The lowest BCUT2D eigenvalue weighted by Crippen LogP contribution is -2.33. The fourth-order valence-corrected chi connectivity index (χ4v) is 2.77. The number of aryl methyl sites for hydroxylation is 2. The first kappa shape index (κ1) is 21.2. The predicted octanol–water partition coefficient (Wildman–Crippen LogP) is 3.15. The first-order chi connectivity index (χ1) is 13.3. The normalized spacial score (nSPS) is 10.3. The lowest BCUT2D eigenvalue weighted by Gasteiger charge is -2.19. The summed E-state index contributed by atoms with van der Waals surface area (Å²) in [6.45, 7) is 8.85. The quantitative estimate of drug-likeness (QED) is 0.773. The van der Waals surface area contributed by atoms with Crippen molar-refractivity contribution in [2.45, 2.75) is 27.7 Å². The van der Waals surface area contributed by atoms with E-state index < -0.39 is 0 Å². The van der Waals surface area contributed by atoms with Crippen LogP contribution < -0.4 is 10.6 Å². The second-order valence-corrected chi connectivity index (χ2v) is 6.59. The molecule has 0 atom stereocenters. The Morgan fingerprint density at radius 2 is 1.61 bits per heavy atom. The average Bonchev–Trinajstić information content (AvgIpc) is 2.69. The van der Waals surface area contributed by atoms with Gasteiger partial charge in [-0.3, -0.25) is 14.4 Å². The summed E-state index contributed by atoms with van der Waals surface area (Å²) in [5.74, 6) is -0.738. The largest absolute Gasteiger partial charge is 0.343 e. The summed E-state index contributed by atoms with van der Waals surface area (Å²) in [5.41, 5.74) is 3.67. The van der Waals surface area contributed by atoms with E-state index in [0.29, 0.717) is 29.9 Å². The average molecular weight is 381 g/mol. The van der Waals surface area contributed by atoms with Gasteiger partial charge in [0.25, 0.3) is 11.8 Å². The molecule has 2 aromatic carbocycles. The molecule has 0 heterocycles. The smallest absolute Gasteiger partial charge is 0.253 e. The van der Waals surface area contributed by atoms with E-state index in [-0.39, 0.29) is 24.3 Å². The summed E-state index contributed by atoms with van der Waals surface area (Å²) < 4.78 is 0. The molecule has 28 heavy (non-hydrogen) atoms. The second kappa shape index (κ2) is 9.69. The molecule has 0 fully saturated rings. The Kier molecular flexibility index (Phi) is 7.32. The number of nitrogens with zero attached hydrogens (tertiary/aromatic N) is 1. The molecule has 0 aromatic heterocycles. The standard InChI is InChI=1S/C22H27N3O3/c1-5-25(6-2)22(28)18-8-7-9-19(13-18)24-20(26)14-23-21(27)17-11-10-15(3)16(4)12-17/h7-13H,5-6,14H2,1-4H3,(H,23,27)(H,24,26). The number of benzene rings is 2. The van der Waals surface area contributed by atoms with Crippen LogP contribution in [-0.2, 0) is 4.79 Å². The van der Waals surface area contributed by atoms with Crippen LogP contribution in [0.1, 0.15) is 45.7 Å². The van der Waals surface area contributed by atoms with E-state index >= 15 is 0 Å². The van der Waals surface area contributed by atoms with Gasteiger partial charge in [-0.25, -0.2) is 0 Å². The number of amides is 3. The Morgan fingerprint density at radius 1 is 0.893 bits per heavy atom. The predicted molar refractivity (Wildman–Crippen MR) is 111 cm³/mol. The van der Waals surface area contributed by atoms with Gasteiger partial charge in [-0.15, -0.1) is 0 Å². The van der Waals surface area contributed by atoms with E-state index in [1.165, 1.54) is 0 Å². The summed E-state index contributed by atoms with van der Waals surface area (Å²) in [7, 11) is 0. The topological polar surface area (TPSA) is 78.5 Å². The maximum absolute atomic E-state index is 12.4. The molecule has 0 aliphatic rings. The molecule has 0 spiro atoms. The lowest BCUT2D eigenvalue weighted by molar-refractivity contribution is -0.115. The van der Waals surface area contributed by atoms with Crippen LogP contribution in [0, 0.1) is 13.8 Å². The van der Waals surface area contributed by atoms with Crippen molar-refractivity contribution in [3.05, 3.63) is 64.7 Å². The van der Waals surface area contributed by atoms with Crippen molar-refractivity contribution in [3.8, 4) is 0 Å². The first-order valence-electron chi connectivity index (χ1n) is 9.40. The van der Waals surface area contributed by atoms with E-state index in [1.54, 1.807) is 41.3 Å². The van der Waals surface area contributed by atoms with Gasteiger partial charge in [0.15, 0.2) is 0 Å². The molecule has 6 nitrogen and oxygen atoms in total. The number of hydrogen-bond acceptors (Lipinski definition) is 3. The van der Waals surface area contributed by atoms with Gasteiger partial charge in [0.2, 0.25) is 5.91 Å². The van der Waals surface area contributed by atoms with Crippen LogP contribution in [-0.4, -0.2) is 42.3 Å². The van der Waals surface area contributed by atoms with E-state index in [4.69, 9.17) is 0 Å². The van der Waals surface area contributed by atoms with E-state index in [1.807, 2.05) is 33.8 Å². The van der Waals surface area contributed by atoms with Gasteiger partial charge in [0, 0.05) is 29.9 Å². The Balaban J connectivity index is 1.96. The van der Waals surface area contributed by atoms with Crippen molar-refractivity contribution in [1.82, 2.24) is 10.2 Å². The highest BCUT2D eigenvalue weighted by molar-refractivity contribution is 6.00. The van der Waals surface area contributed by atoms with Gasteiger partial charge in [-0.1, -0.05) is 12.1 Å². The number of carbonyl (C=O) groups excluding carboxylic acids is 3. The molecule has 0 saturated carbocycles. The molecular weight excluding hydrogens is 354 g/mol. The van der Waals surface area contributed by atoms with Crippen molar-refractivity contribution in [2.24, 2.45) is 0 Å². The summed E-state index contributed by atoms with van der Waals surface area (Å²) in [4.78, 5) is 38.5. The zero-order valence-corrected chi connectivity index (χ0v) is 16.8. The minimum absolute atomic E-state index is 0.0795. The van der Waals surface area contributed by atoms with E-state index in [0.717, 1.165) is 11.1 Å². The molecule has 148 valence electrons. The van der Waals surface area contributed by atoms with Gasteiger partial charge in [-0.2, -0.15) is 0 Å². The third-order valence-corrected chi connectivity index (χ3v) is 4.62. The Morgan fingerprint density at radius 3 is 2.25 bits per heavy atom. The summed E-state index contributed by atoms with van der Waals surface area (Å²) >= 11 is 0. The van der Waals surface area contributed by atoms with E-state index in [2.05, 4.69) is 10.6 Å². The number of anilines is 1. The van der Waals surface area contributed by atoms with Gasteiger partial charge in [0.1, 0.15) is 0 Å². The highest BCUT2D eigenvalue weighted by atomic mass is 16.2. The summed E-state index contributed by atoms with van der Waals surface area (Å²) in [6, 6.07) is 12.2. The molecule has 2 N–H and O–H groups in total. The Labute approximate surface area is 165 Å². The van der Waals surface area contributed by atoms with Gasteiger partial charge in [-0.05, 0) is 69.2 Å². The highest BCUT2D eigenvalue weighted by Gasteiger charge is 2.14. The van der Waals surface area contributed by atoms with Crippen molar-refractivity contribution in [1.29, 1.82) is 0 Å². The molecule has 0 radical (unpaired) electrons. The second-order valence-electron chi connectivity index (χ2n) is 6.59. The van der Waals surface area contributed by atoms with Crippen molar-refractivity contribution >= 4 is 23.4 Å². The monoisotopic (exact) mass is 381 g/mol. The van der Waals surface area contributed by atoms with Crippen LogP contribution in [0.3, 0.4) is 0 Å². The number of hydrogen-bond donors (Lipinski definition) is 2. The maximum Gasteiger partial charge on any atom is 0.253 e. The van der Waals surface area contributed by atoms with Crippen molar-refractivity contribution in [2.75, 3.05) is 25.0 Å². The van der Waals surface area contributed by atoms with Crippen LogP contribution in [0.15, 0.2) is 42.5 Å². The molecular formula is C22H27N3O3. The first-order valence-corrected chi connectivity index (χ1v) is 9.40. The Bertz CT molecular complexity index is 873. The van der Waals surface area contributed by atoms with Crippen LogP contribution >= 0.6 is 0 Å². The van der Waals surface area contributed by atoms with Crippen LogP contribution in [0.25, 0.3) is 0 Å². The molecule has 0 saturated heterocycles. The van der Waals surface area contributed by atoms with Crippen LogP contribution in [0.2, 0.25) is 0 Å². The van der Waals surface area contributed by atoms with Gasteiger partial charge in [0.05, 0.1) is 6.54 Å². The molecule has 3 amide bonds. The Hall–Kier alpha value is -3.15. The maximum atomic E-state index is 12.4. The molecule has 2 rings (SSSR count). The number of rotatable bonds is 7. The molecule has 2 aromatic rings. The van der Waals surface area contributed by atoms with Crippen LogP contribution in [0.5, 0.6) is 0 Å². The molecule has 0 aliphatic heterocycles. The third kappa shape index (κ3) is 5.42. The number of nitrogens with one attached hydrogen (secondary N) is 2. The minimum Gasteiger partial charge on any atom is -0.343 e. The van der Waals surface area contributed by atoms with Crippen molar-refractivity contribution in [3.63, 3.8) is 0 Å². The molecule has 0 unspecified atom stereocenters. The zero-order valence-electron chi connectivity index (χ0n) is 16.8. The van der Waals surface area contributed by atoms with Gasteiger partial charge >= 0.3 is 0 Å².